The van der Waals surface area contributed by atoms with E-state index in [1.165, 1.54) is 11.4 Å². The van der Waals surface area contributed by atoms with E-state index < -0.39 is 0 Å². The minimum absolute atomic E-state index is 0.219. The Morgan fingerprint density at radius 2 is 2.20 bits per heavy atom. The van der Waals surface area contributed by atoms with Crippen LogP contribution >= 0.6 is 11.3 Å². The van der Waals surface area contributed by atoms with E-state index in [4.69, 9.17) is 0 Å². The average Bonchev–Trinajstić information content (AvgIpc) is 2.63. The van der Waals surface area contributed by atoms with Crippen LogP contribution in [0, 0.1) is 5.92 Å². The molecule has 1 atom stereocenters. The van der Waals surface area contributed by atoms with E-state index in [1.807, 2.05) is 6.20 Å². The Balaban J connectivity index is 2.36. The SMILES string of the molecule is CCC(CNC(C)(C)C)Cc1nccs1. The molecule has 0 fully saturated rings. The molecule has 15 heavy (non-hydrogen) atoms. The molecule has 0 aliphatic carbocycles. The van der Waals surface area contributed by atoms with Crippen molar-refractivity contribution in [3.63, 3.8) is 0 Å². The molecule has 0 spiro atoms. The van der Waals surface area contributed by atoms with Crippen molar-refractivity contribution in [2.75, 3.05) is 6.54 Å². The van der Waals surface area contributed by atoms with Crippen molar-refractivity contribution in [2.45, 2.75) is 46.1 Å². The molecule has 1 unspecified atom stereocenters. The van der Waals surface area contributed by atoms with Crippen LogP contribution in [-0.4, -0.2) is 17.1 Å². The van der Waals surface area contributed by atoms with Crippen molar-refractivity contribution in [3.8, 4) is 0 Å². The molecule has 1 heterocycles. The minimum atomic E-state index is 0.219. The van der Waals surface area contributed by atoms with Gasteiger partial charge in [-0.15, -0.1) is 11.3 Å². The van der Waals surface area contributed by atoms with Gasteiger partial charge in [0, 0.05) is 23.5 Å². The summed E-state index contributed by atoms with van der Waals surface area (Å²) in [4.78, 5) is 4.34. The van der Waals surface area contributed by atoms with Gasteiger partial charge in [-0.1, -0.05) is 13.3 Å². The van der Waals surface area contributed by atoms with E-state index in [0.29, 0.717) is 5.92 Å². The second-order valence-electron chi connectivity index (χ2n) is 5.04. The lowest BCUT2D eigenvalue weighted by Gasteiger charge is -2.24. The summed E-state index contributed by atoms with van der Waals surface area (Å²) >= 11 is 1.76. The molecule has 0 saturated carbocycles. The summed E-state index contributed by atoms with van der Waals surface area (Å²) in [5.41, 5.74) is 0.219. The first kappa shape index (κ1) is 12.7. The molecule has 1 rings (SSSR count). The number of thiazole rings is 1. The van der Waals surface area contributed by atoms with Gasteiger partial charge in [-0.3, -0.25) is 0 Å². The molecule has 0 aliphatic rings. The molecular formula is C12H22N2S. The van der Waals surface area contributed by atoms with E-state index in [2.05, 4.69) is 43.4 Å². The van der Waals surface area contributed by atoms with Gasteiger partial charge >= 0.3 is 0 Å². The summed E-state index contributed by atoms with van der Waals surface area (Å²) in [5, 5.41) is 6.88. The Morgan fingerprint density at radius 3 is 2.67 bits per heavy atom. The van der Waals surface area contributed by atoms with Crippen molar-refractivity contribution < 1.29 is 0 Å². The van der Waals surface area contributed by atoms with Crippen LogP contribution in [0.15, 0.2) is 11.6 Å². The van der Waals surface area contributed by atoms with E-state index in [0.717, 1.165) is 13.0 Å². The summed E-state index contributed by atoms with van der Waals surface area (Å²) < 4.78 is 0. The first-order valence-electron chi connectivity index (χ1n) is 5.64. The zero-order chi connectivity index (χ0) is 11.3. The molecular weight excluding hydrogens is 204 g/mol. The molecule has 0 amide bonds. The number of aromatic nitrogens is 1. The van der Waals surface area contributed by atoms with Gasteiger partial charge in [0.2, 0.25) is 0 Å². The summed E-state index contributed by atoms with van der Waals surface area (Å²) in [7, 11) is 0. The van der Waals surface area contributed by atoms with Crippen molar-refractivity contribution in [1.29, 1.82) is 0 Å². The lowest BCUT2D eigenvalue weighted by Crippen LogP contribution is -2.39. The number of hydrogen-bond acceptors (Lipinski definition) is 3. The Hall–Kier alpha value is -0.410. The molecule has 86 valence electrons. The number of hydrogen-bond donors (Lipinski definition) is 1. The third-order valence-electron chi connectivity index (χ3n) is 2.45. The van der Waals surface area contributed by atoms with Crippen molar-refractivity contribution in [1.82, 2.24) is 10.3 Å². The number of nitrogens with one attached hydrogen (secondary N) is 1. The van der Waals surface area contributed by atoms with Gasteiger partial charge in [-0.25, -0.2) is 4.98 Å². The number of rotatable bonds is 5. The maximum Gasteiger partial charge on any atom is 0.0928 e. The highest BCUT2D eigenvalue weighted by Crippen LogP contribution is 2.14. The van der Waals surface area contributed by atoms with Gasteiger partial charge < -0.3 is 5.32 Å². The van der Waals surface area contributed by atoms with Crippen LogP contribution in [0.3, 0.4) is 0 Å². The monoisotopic (exact) mass is 226 g/mol. The van der Waals surface area contributed by atoms with Crippen LogP contribution in [0.4, 0.5) is 0 Å². The zero-order valence-corrected chi connectivity index (χ0v) is 11.0. The molecule has 1 aromatic heterocycles. The zero-order valence-electron chi connectivity index (χ0n) is 10.2. The Labute approximate surface area is 97.1 Å². The van der Waals surface area contributed by atoms with Crippen LogP contribution in [0.1, 0.15) is 39.1 Å². The van der Waals surface area contributed by atoms with Crippen LogP contribution in [0.5, 0.6) is 0 Å². The maximum atomic E-state index is 4.34. The summed E-state index contributed by atoms with van der Waals surface area (Å²) in [6.07, 6.45) is 4.21. The van der Waals surface area contributed by atoms with Crippen LogP contribution < -0.4 is 5.32 Å². The first-order valence-corrected chi connectivity index (χ1v) is 6.52. The summed E-state index contributed by atoms with van der Waals surface area (Å²) in [5.74, 6) is 0.704. The standard InChI is InChI=1S/C12H22N2S/c1-5-10(9-14-12(2,3)4)8-11-13-6-7-15-11/h6-7,10,14H,5,8-9H2,1-4H3. The second-order valence-corrected chi connectivity index (χ2v) is 6.01. The predicted molar refractivity (Wildman–Crippen MR) is 67.4 cm³/mol. The molecule has 1 N–H and O–H groups in total. The highest BCUT2D eigenvalue weighted by Gasteiger charge is 2.14. The smallest absolute Gasteiger partial charge is 0.0928 e. The Bertz CT molecular complexity index is 262. The third-order valence-corrected chi connectivity index (χ3v) is 3.25. The molecule has 0 bridgehead atoms. The molecule has 0 aromatic carbocycles. The summed E-state index contributed by atoms with van der Waals surface area (Å²) in [6.45, 7) is 9.97. The Kier molecular flexibility index (Phi) is 4.74. The van der Waals surface area contributed by atoms with Crippen LogP contribution in [0.2, 0.25) is 0 Å². The topological polar surface area (TPSA) is 24.9 Å². The third kappa shape index (κ3) is 5.28. The molecule has 2 nitrogen and oxygen atoms in total. The first-order chi connectivity index (χ1) is 7.01. The summed E-state index contributed by atoms with van der Waals surface area (Å²) in [6, 6.07) is 0. The average molecular weight is 226 g/mol. The molecule has 3 heteroatoms. The maximum absolute atomic E-state index is 4.34. The lowest BCUT2D eigenvalue weighted by atomic mass is 10.0. The van der Waals surface area contributed by atoms with Gasteiger partial charge in [0.05, 0.1) is 5.01 Å². The Morgan fingerprint density at radius 1 is 1.47 bits per heavy atom. The van der Waals surface area contributed by atoms with E-state index in [-0.39, 0.29) is 5.54 Å². The molecule has 1 aromatic rings. The van der Waals surface area contributed by atoms with E-state index >= 15 is 0 Å². The van der Waals surface area contributed by atoms with Crippen LogP contribution in [0.25, 0.3) is 0 Å². The lowest BCUT2D eigenvalue weighted by molar-refractivity contribution is 0.363. The van der Waals surface area contributed by atoms with Crippen molar-refractivity contribution in [3.05, 3.63) is 16.6 Å². The van der Waals surface area contributed by atoms with Gasteiger partial charge in [-0.2, -0.15) is 0 Å². The quantitative estimate of drug-likeness (QED) is 0.834. The largest absolute Gasteiger partial charge is 0.312 e. The highest BCUT2D eigenvalue weighted by molar-refractivity contribution is 7.09. The van der Waals surface area contributed by atoms with Crippen molar-refractivity contribution >= 4 is 11.3 Å². The van der Waals surface area contributed by atoms with Gasteiger partial charge in [0.25, 0.3) is 0 Å². The van der Waals surface area contributed by atoms with E-state index in [1.54, 1.807) is 11.3 Å². The molecule has 0 aliphatic heterocycles. The molecule has 0 saturated heterocycles. The fourth-order valence-electron chi connectivity index (χ4n) is 1.41. The predicted octanol–water partition coefficient (Wildman–Crippen LogP) is 3.10. The number of nitrogens with zero attached hydrogens (tertiary/aromatic N) is 1. The minimum Gasteiger partial charge on any atom is -0.312 e. The molecule has 0 radical (unpaired) electrons. The van der Waals surface area contributed by atoms with Gasteiger partial charge in [0.1, 0.15) is 0 Å². The fourth-order valence-corrected chi connectivity index (χ4v) is 2.14. The fraction of sp³-hybridized carbons (Fsp3) is 0.750. The van der Waals surface area contributed by atoms with Gasteiger partial charge in [0.15, 0.2) is 0 Å². The normalized spacial score (nSPS) is 14.1. The highest BCUT2D eigenvalue weighted by atomic mass is 32.1. The van der Waals surface area contributed by atoms with Gasteiger partial charge in [-0.05, 0) is 33.2 Å². The van der Waals surface area contributed by atoms with Crippen LogP contribution in [-0.2, 0) is 6.42 Å². The second kappa shape index (κ2) is 5.61. The van der Waals surface area contributed by atoms with E-state index in [9.17, 15) is 0 Å². The van der Waals surface area contributed by atoms with Crippen molar-refractivity contribution in [2.24, 2.45) is 5.92 Å².